The van der Waals surface area contributed by atoms with Gasteiger partial charge in [-0.05, 0) is 37.3 Å². The molecule has 4 rings (SSSR count). The van der Waals surface area contributed by atoms with Crippen molar-refractivity contribution in [1.29, 1.82) is 0 Å². The van der Waals surface area contributed by atoms with Crippen LogP contribution in [0, 0.1) is 12.7 Å². The Morgan fingerprint density at radius 3 is 2.53 bits per heavy atom. The predicted molar refractivity (Wildman–Crippen MR) is 122 cm³/mol. The van der Waals surface area contributed by atoms with Gasteiger partial charge in [0.15, 0.2) is 5.82 Å². The van der Waals surface area contributed by atoms with Crippen molar-refractivity contribution in [2.45, 2.75) is 11.9 Å². The topological polar surface area (TPSA) is 84.0 Å². The van der Waals surface area contributed by atoms with Gasteiger partial charge in [0.25, 0.3) is 5.91 Å². The quantitative estimate of drug-likeness (QED) is 0.271. The van der Waals surface area contributed by atoms with Crippen molar-refractivity contribution in [1.82, 2.24) is 20.8 Å². The molecule has 4 aromatic rings. The van der Waals surface area contributed by atoms with Crippen LogP contribution in [0.15, 0.2) is 77.8 Å². The summed E-state index contributed by atoms with van der Waals surface area (Å²) in [4.78, 5) is 33.6. The second-order valence-electron chi connectivity index (χ2n) is 7.04. The van der Waals surface area contributed by atoms with Gasteiger partial charge in [0.1, 0.15) is 10.8 Å². The molecule has 0 saturated carbocycles. The Labute approximate surface area is 188 Å². The molecule has 0 aliphatic carbocycles. The average Bonchev–Trinajstić information content (AvgIpc) is 2.81. The van der Waals surface area contributed by atoms with E-state index in [0.717, 1.165) is 22.9 Å². The molecule has 2 amide bonds. The molecule has 3 aromatic carbocycles. The van der Waals surface area contributed by atoms with E-state index in [1.807, 2.05) is 43.3 Å². The summed E-state index contributed by atoms with van der Waals surface area (Å²) in [6.07, 6.45) is 0. The van der Waals surface area contributed by atoms with Crippen LogP contribution in [0.5, 0.6) is 0 Å². The number of hydrazine groups is 1. The summed E-state index contributed by atoms with van der Waals surface area (Å²) in [6.45, 7) is 1.88. The fraction of sp³-hybridized carbons (Fsp3) is 0.0833. The van der Waals surface area contributed by atoms with Crippen LogP contribution in [0.1, 0.15) is 15.9 Å². The molecule has 1 heterocycles. The average molecular weight is 447 g/mol. The Hall–Kier alpha value is -3.78. The Morgan fingerprint density at radius 1 is 0.938 bits per heavy atom. The van der Waals surface area contributed by atoms with E-state index in [-0.39, 0.29) is 5.75 Å². The highest BCUT2D eigenvalue weighted by molar-refractivity contribution is 8.00. The number of aromatic nitrogens is 2. The normalized spacial score (nSPS) is 10.7. The molecule has 0 fully saturated rings. The number of aryl methyl sites for hydroxylation is 1. The SMILES string of the molecule is Cc1cccc(C(=O)NNC(=O)CSc2nc(-c3ccccc3)nc3ccc(F)cc23)c1. The summed E-state index contributed by atoms with van der Waals surface area (Å²) in [7, 11) is 0. The first-order valence-corrected chi connectivity index (χ1v) is 10.8. The van der Waals surface area contributed by atoms with Gasteiger partial charge in [-0.1, -0.05) is 59.8 Å². The number of carbonyl (C=O) groups excluding carboxylic acids is 2. The molecular weight excluding hydrogens is 427 g/mol. The molecule has 0 atom stereocenters. The van der Waals surface area contributed by atoms with Gasteiger partial charge in [-0.25, -0.2) is 14.4 Å². The van der Waals surface area contributed by atoms with Gasteiger partial charge in [0, 0.05) is 16.5 Å². The van der Waals surface area contributed by atoms with Crippen molar-refractivity contribution >= 4 is 34.5 Å². The van der Waals surface area contributed by atoms with Crippen LogP contribution in [-0.2, 0) is 4.79 Å². The molecule has 2 N–H and O–H groups in total. The van der Waals surface area contributed by atoms with E-state index < -0.39 is 17.6 Å². The van der Waals surface area contributed by atoms with Crippen molar-refractivity contribution in [2.24, 2.45) is 0 Å². The highest BCUT2D eigenvalue weighted by atomic mass is 32.2. The summed E-state index contributed by atoms with van der Waals surface area (Å²) < 4.78 is 13.8. The molecule has 0 saturated heterocycles. The minimum Gasteiger partial charge on any atom is -0.272 e. The lowest BCUT2D eigenvalue weighted by molar-refractivity contribution is -0.119. The number of thioether (sulfide) groups is 1. The minimum atomic E-state index is -0.416. The lowest BCUT2D eigenvalue weighted by atomic mass is 10.1. The number of halogens is 1. The second kappa shape index (κ2) is 9.57. The number of nitrogens with one attached hydrogen (secondary N) is 2. The Balaban J connectivity index is 1.49. The number of benzene rings is 3. The third-order valence-electron chi connectivity index (χ3n) is 4.59. The third kappa shape index (κ3) is 5.09. The fourth-order valence-electron chi connectivity index (χ4n) is 3.05. The zero-order valence-electron chi connectivity index (χ0n) is 17.1. The van der Waals surface area contributed by atoms with E-state index in [1.54, 1.807) is 24.3 Å². The molecule has 0 radical (unpaired) electrons. The van der Waals surface area contributed by atoms with E-state index in [2.05, 4.69) is 20.8 Å². The van der Waals surface area contributed by atoms with Gasteiger partial charge < -0.3 is 0 Å². The highest BCUT2D eigenvalue weighted by Gasteiger charge is 2.13. The van der Waals surface area contributed by atoms with Crippen LogP contribution < -0.4 is 10.9 Å². The number of carbonyl (C=O) groups is 2. The minimum absolute atomic E-state index is 0.0229. The molecule has 6 nitrogen and oxygen atoms in total. The highest BCUT2D eigenvalue weighted by Crippen LogP contribution is 2.28. The van der Waals surface area contributed by atoms with Crippen molar-refractivity contribution in [3.8, 4) is 11.4 Å². The molecule has 0 bridgehead atoms. The van der Waals surface area contributed by atoms with Gasteiger partial charge in [0.2, 0.25) is 5.91 Å². The van der Waals surface area contributed by atoms with E-state index in [1.165, 1.54) is 12.1 Å². The summed E-state index contributed by atoms with van der Waals surface area (Å²) >= 11 is 1.14. The third-order valence-corrected chi connectivity index (χ3v) is 5.58. The Kier molecular flexibility index (Phi) is 6.42. The van der Waals surface area contributed by atoms with Crippen LogP contribution >= 0.6 is 11.8 Å². The molecule has 8 heteroatoms. The standard InChI is InChI=1S/C24H19FN4O2S/c1-15-6-5-9-17(12-15)23(31)29-28-21(30)14-32-24-19-13-18(25)10-11-20(19)26-22(27-24)16-7-3-2-4-8-16/h2-13H,14H2,1H3,(H,28,30)(H,29,31). The molecule has 0 unspecified atom stereocenters. The van der Waals surface area contributed by atoms with Gasteiger partial charge >= 0.3 is 0 Å². The zero-order chi connectivity index (χ0) is 22.5. The second-order valence-corrected chi connectivity index (χ2v) is 8.00. The molecule has 1 aromatic heterocycles. The van der Waals surface area contributed by atoms with Crippen LogP contribution in [0.25, 0.3) is 22.3 Å². The zero-order valence-corrected chi connectivity index (χ0v) is 17.9. The first-order valence-electron chi connectivity index (χ1n) is 9.81. The molecule has 32 heavy (non-hydrogen) atoms. The van der Waals surface area contributed by atoms with Gasteiger partial charge in [-0.15, -0.1) is 0 Å². The monoisotopic (exact) mass is 446 g/mol. The van der Waals surface area contributed by atoms with Crippen molar-refractivity contribution < 1.29 is 14.0 Å². The molecular formula is C24H19FN4O2S. The van der Waals surface area contributed by atoms with E-state index >= 15 is 0 Å². The predicted octanol–water partition coefficient (Wildman–Crippen LogP) is 4.30. The summed E-state index contributed by atoms with van der Waals surface area (Å²) in [6, 6.07) is 20.7. The molecule has 0 aliphatic rings. The maximum atomic E-state index is 13.8. The Morgan fingerprint density at radius 2 is 1.75 bits per heavy atom. The van der Waals surface area contributed by atoms with E-state index in [4.69, 9.17) is 0 Å². The smallest absolute Gasteiger partial charge is 0.269 e. The number of hydrogen-bond donors (Lipinski definition) is 2. The molecule has 160 valence electrons. The van der Waals surface area contributed by atoms with Gasteiger partial charge in [0.05, 0.1) is 11.3 Å². The lowest BCUT2D eigenvalue weighted by Gasteiger charge is -2.10. The van der Waals surface area contributed by atoms with Crippen LogP contribution in [-0.4, -0.2) is 27.5 Å². The van der Waals surface area contributed by atoms with Crippen LogP contribution in [0.4, 0.5) is 4.39 Å². The van der Waals surface area contributed by atoms with Gasteiger partial charge in [-0.3, -0.25) is 20.4 Å². The number of amides is 2. The summed E-state index contributed by atoms with van der Waals surface area (Å²) in [5, 5.41) is 1.000. The Bertz CT molecular complexity index is 1300. The summed E-state index contributed by atoms with van der Waals surface area (Å²) in [5.41, 5.74) is 7.58. The molecule has 0 spiro atoms. The van der Waals surface area contributed by atoms with Crippen LogP contribution in [0.2, 0.25) is 0 Å². The van der Waals surface area contributed by atoms with Crippen LogP contribution in [0.3, 0.4) is 0 Å². The first kappa shape index (κ1) is 21.5. The maximum Gasteiger partial charge on any atom is 0.269 e. The lowest BCUT2D eigenvalue weighted by Crippen LogP contribution is -2.42. The number of fused-ring (bicyclic) bond motifs is 1. The molecule has 0 aliphatic heterocycles. The largest absolute Gasteiger partial charge is 0.272 e. The van der Waals surface area contributed by atoms with E-state index in [0.29, 0.717) is 27.3 Å². The maximum absolute atomic E-state index is 13.8. The van der Waals surface area contributed by atoms with Gasteiger partial charge in [-0.2, -0.15) is 0 Å². The number of hydrogen-bond acceptors (Lipinski definition) is 5. The number of rotatable bonds is 5. The van der Waals surface area contributed by atoms with Crippen molar-refractivity contribution in [3.05, 3.63) is 89.7 Å². The van der Waals surface area contributed by atoms with Crippen molar-refractivity contribution in [3.63, 3.8) is 0 Å². The first-order chi connectivity index (χ1) is 15.5. The fourth-order valence-corrected chi connectivity index (χ4v) is 3.86. The summed E-state index contributed by atoms with van der Waals surface area (Å²) in [5.74, 6) is -0.774. The number of nitrogens with zero attached hydrogens (tertiary/aromatic N) is 2. The van der Waals surface area contributed by atoms with E-state index in [9.17, 15) is 14.0 Å². The van der Waals surface area contributed by atoms with Crippen molar-refractivity contribution in [2.75, 3.05) is 5.75 Å².